The maximum atomic E-state index is 12.8. The maximum absolute atomic E-state index is 12.8. The van der Waals surface area contributed by atoms with Crippen molar-refractivity contribution in [1.29, 1.82) is 0 Å². The van der Waals surface area contributed by atoms with Crippen LogP contribution in [-0.2, 0) is 28.6 Å². The average molecular weight is 881 g/mol. The first-order chi connectivity index (χ1) is 31.0. The molecule has 63 heavy (non-hydrogen) atoms. The number of rotatable bonds is 48. The summed E-state index contributed by atoms with van der Waals surface area (Å²) in [4.78, 5) is 38.0. The Morgan fingerprint density at radius 2 is 0.587 bits per heavy atom. The van der Waals surface area contributed by atoms with Gasteiger partial charge in [-0.2, -0.15) is 0 Å². The molecule has 0 aromatic carbocycles. The molecule has 0 aromatic rings. The van der Waals surface area contributed by atoms with Crippen molar-refractivity contribution in [3.05, 3.63) is 60.8 Å². The largest absolute Gasteiger partial charge is 0.462 e. The highest BCUT2D eigenvalue weighted by Gasteiger charge is 2.19. The van der Waals surface area contributed by atoms with E-state index in [-0.39, 0.29) is 31.1 Å². The molecule has 0 aliphatic rings. The molecule has 0 spiro atoms. The lowest BCUT2D eigenvalue weighted by Gasteiger charge is -2.18. The lowest BCUT2D eigenvalue weighted by Crippen LogP contribution is -2.30. The summed E-state index contributed by atoms with van der Waals surface area (Å²) in [5, 5.41) is 0. The highest BCUT2D eigenvalue weighted by Crippen LogP contribution is 2.14. The summed E-state index contributed by atoms with van der Waals surface area (Å²) in [7, 11) is 0. The monoisotopic (exact) mass is 881 g/mol. The van der Waals surface area contributed by atoms with Gasteiger partial charge in [-0.1, -0.05) is 204 Å². The van der Waals surface area contributed by atoms with Gasteiger partial charge in [0.1, 0.15) is 13.2 Å². The highest BCUT2D eigenvalue weighted by atomic mass is 16.6. The van der Waals surface area contributed by atoms with Crippen molar-refractivity contribution in [2.75, 3.05) is 13.2 Å². The first-order valence-electron chi connectivity index (χ1n) is 26.8. The molecule has 0 aromatic heterocycles. The first-order valence-corrected chi connectivity index (χ1v) is 26.8. The molecule has 1 atom stereocenters. The average Bonchev–Trinajstić information content (AvgIpc) is 3.28. The van der Waals surface area contributed by atoms with Crippen molar-refractivity contribution in [2.45, 2.75) is 271 Å². The van der Waals surface area contributed by atoms with Gasteiger partial charge in [-0.15, -0.1) is 0 Å². The van der Waals surface area contributed by atoms with Crippen molar-refractivity contribution in [1.82, 2.24) is 0 Å². The second-order valence-electron chi connectivity index (χ2n) is 17.8. The van der Waals surface area contributed by atoms with Gasteiger partial charge < -0.3 is 14.2 Å². The van der Waals surface area contributed by atoms with Gasteiger partial charge in [-0.05, 0) is 103 Å². The Kier molecular flexibility index (Phi) is 49.4. The third kappa shape index (κ3) is 50.0. The molecule has 0 saturated carbocycles. The SMILES string of the molecule is CCCC/C=C\CCCCCCCC(=O)OC[C@@H](COC(=O)CCCC/C=C\C/C=C\C/C=C\CCCCC)OC(=O)CCCCCCCCCCC/C=C\CCCCCCCC. The van der Waals surface area contributed by atoms with Crippen molar-refractivity contribution in [3.63, 3.8) is 0 Å². The van der Waals surface area contributed by atoms with E-state index < -0.39 is 6.10 Å². The van der Waals surface area contributed by atoms with Crippen LogP contribution in [0.15, 0.2) is 60.8 Å². The molecule has 6 nitrogen and oxygen atoms in total. The molecule has 0 rings (SSSR count). The Hall–Kier alpha value is -2.89. The number of hydrogen-bond acceptors (Lipinski definition) is 6. The van der Waals surface area contributed by atoms with Gasteiger partial charge in [0.15, 0.2) is 6.10 Å². The molecule has 0 fully saturated rings. The summed E-state index contributed by atoms with van der Waals surface area (Å²) >= 11 is 0. The van der Waals surface area contributed by atoms with Gasteiger partial charge in [-0.25, -0.2) is 0 Å². The van der Waals surface area contributed by atoms with Crippen molar-refractivity contribution >= 4 is 17.9 Å². The van der Waals surface area contributed by atoms with Crippen LogP contribution < -0.4 is 0 Å². The normalized spacial score (nSPS) is 12.5. The van der Waals surface area contributed by atoms with Crippen LogP contribution in [0.5, 0.6) is 0 Å². The smallest absolute Gasteiger partial charge is 0.306 e. The van der Waals surface area contributed by atoms with Crippen LogP contribution in [0.1, 0.15) is 265 Å². The second-order valence-corrected chi connectivity index (χ2v) is 17.8. The molecule has 0 amide bonds. The molecule has 0 heterocycles. The third-order valence-corrected chi connectivity index (χ3v) is 11.5. The Labute approximate surface area is 390 Å². The van der Waals surface area contributed by atoms with Crippen LogP contribution in [0.25, 0.3) is 0 Å². The van der Waals surface area contributed by atoms with E-state index in [1.54, 1.807) is 0 Å². The van der Waals surface area contributed by atoms with Gasteiger partial charge in [-0.3, -0.25) is 14.4 Å². The first kappa shape index (κ1) is 60.1. The maximum Gasteiger partial charge on any atom is 0.306 e. The van der Waals surface area contributed by atoms with E-state index in [1.165, 1.54) is 148 Å². The van der Waals surface area contributed by atoms with Gasteiger partial charge in [0.25, 0.3) is 0 Å². The van der Waals surface area contributed by atoms with Gasteiger partial charge in [0, 0.05) is 19.3 Å². The van der Waals surface area contributed by atoms with Crippen LogP contribution in [0.2, 0.25) is 0 Å². The van der Waals surface area contributed by atoms with E-state index in [4.69, 9.17) is 14.2 Å². The molecule has 0 bridgehead atoms. The summed E-state index contributed by atoms with van der Waals surface area (Å²) in [6.07, 6.45) is 63.5. The number of carbonyl (C=O) groups is 3. The fourth-order valence-electron chi connectivity index (χ4n) is 7.37. The van der Waals surface area contributed by atoms with E-state index in [2.05, 4.69) is 81.5 Å². The Morgan fingerprint density at radius 3 is 1.02 bits per heavy atom. The molecular weight excluding hydrogens is 781 g/mol. The zero-order valence-corrected chi connectivity index (χ0v) is 41.6. The van der Waals surface area contributed by atoms with Crippen molar-refractivity contribution in [3.8, 4) is 0 Å². The Balaban J connectivity index is 4.40. The zero-order chi connectivity index (χ0) is 45.8. The third-order valence-electron chi connectivity index (χ3n) is 11.5. The Bertz CT molecular complexity index is 1150. The predicted octanol–water partition coefficient (Wildman–Crippen LogP) is 17.6. The molecule has 6 heteroatoms. The minimum Gasteiger partial charge on any atom is -0.462 e. The van der Waals surface area contributed by atoms with E-state index in [1.807, 2.05) is 0 Å². The number of hydrogen-bond donors (Lipinski definition) is 0. The van der Waals surface area contributed by atoms with E-state index in [0.717, 1.165) is 77.0 Å². The summed E-state index contributed by atoms with van der Waals surface area (Å²) in [6.45, 7) is 6.53. The van der Waals surface area contributed by atoms with E-state index >= 15 is 0 Å². The van der Waals surface area contributed by atoms with Gasteiger partial charge in [0.05, 0.1) is 0 Å². The fraction of sp³-hybridized carbons (Fsp3) is 0.772. The number of ether oxygens (including phenoxy) is 3. The quantitative estimate of drug-likeness (QED) is 0.0262. The number of carbonyl (C=O) groups excluding carboxylic acids is 3. The van der Waals surface area contributed by atoms with Gasteiger partial charge >= 0.3 is 17.9 Å². The van der Waals surface area contributed by atoms with Crippen LogP contribution in [-0.4, -0.2) is 37.2 Å². The second kappa shape index (κ2) is 51.7. The standard InChI is InChI=1S/C57H100O6/c1-4-7-10-13-16-19-22-24-26-27-28-29-31-33-36-39-42-45-48-51-57(60)63-54(52-61-55(58)49-46-43-40-37-34-21-18-15-12-9-6-3)53-62-56(59)50-47-44-41-38-35-32-30-25-23-20-17-14-11-8-5-2/h15,17-18,20,24-26,30,35,38,54H,4-14,16,19,21-23,27-29,31-34,36-37,39-53H2,1-3H3/b18-15-,20-17-,26-24-,30-25-,38-35-/t54-/m0/s1. The predicted molar refractivity (Wildman–Crippen MR) is 270 cm³/mol. The summed E-state index contributed by atoms with van der Waals surface area (Å²) in [5.41, 5.74) is 0. The molecule has 0 saturated heterocycles. The Morgan fingerprint density at radius 1 is 0.317 bits per heavy atom. The molecule has 0 aliphatic carbocycles. The number of allylic oxidation sites excluding steroid dienone is 10. The summed E-state index contributed by atoms with van der Waals surface area (Å²) in [5.74, 6) is -0.937. The zero-order valence-electron chi connectivity index (χ0n) is 41.6. The molecule has 364 valence electrons. The molecular formula is C57H100O6. The lowest BCUT2D eigenvalue weighted by molar-refractivity contribution is -0.167. The minimum atomic E-state index is -0.792. The topological polar surface area (TPSA) is 78.9 Å². The van der Waals surface area contributed by atoms with Crippen LogP contribution in [0.4, 0.5) is 0 Å². The minimum absolute atomic E-state index is 0.0911. The summed E-state index contributed by atoms with van der Waals surface area (Å²) < 4.78 is 16.8. The fourth-order valence-corrected chi connectivity index (χ4v) is 7.37. The number of esters is 3. The van der Waals surface area contributed by atoms with Crippen LogP contribution in [0, 0.1) is 0 Å². The van der Waals surface area contributed by atoms with E-state index in [9.17, 15) is 14.4 Å². The van der Waals surface area contributed by atoms with Gasteiger partial charge in [0.2, 0.25) is 0 Å². The molecule has 0 aliphatic heterocycles. The highest BCUT2D eigenvalue weighted by molar-refractivity contribution is 5.71. The van der Waals surface area contributed by atoms with Crippen LogP contribution in [0.3, 0.4) is 0 Å². The number of unbranched alkanes of at least 4 members (excludes halogenated alkanes) is 27. The van der Waals surface area contributed by atoms with E-state index in [0.29, 0.717) is 19.3 Å². The van der Waals surface area contributed by atoms with Crippen molar-refractivity contribution < 1.29 is 28.6 Å². The lowest BCUT2D eigenvalue weighted by atomic mass is 10.1. The molecule has 0 radical (unpaired) electrons. The van der Waals surface area contributed by atoms with Crippen molar-refractivity contribution in [2.24, 2.45) is 0 Å². The van der Waals surface area contributed by atoms with Crippen LogP contribution >= 0.6 is 0 Å². The molecule has 0 N–H and O–H groups in total. The molecule has 0 unspecified atom stereocenters. The summed E-state index contributed by atoms with van der Waals surface area (Å²) in [6, 6.07) is 0.